The maximum absolute atomic E-state index is 11.2. The summed E-state index contributed by atoms with van der Waals surface area (Å²) in [5, 5.41) is 0. The molecule has 1 aromatic carbocycles. The molecule has 0 saturated heterocycles. The van der Waals surface area contributed by atoms with Crippen molar-refractivity contribution in [3.05, 3.63) is 53.1 Å². The molecule has 98 valence electrons. The standard InChI is InChI=1S/C11H10O2.C5H6O/c1-13-11(12)10-6-5-8-3-2-4-9(8)7-10;6-5-3-1-2-4-5/h2-3,5-7H,4H2,1H3;1,3H,2,4H2. The van der Waals surface area contributed by atoms with Gasteiger partial charge in [-0.3, -0.25) is 4.79 Å². The van der Waals surface area contributed by atoms with Crippen molar-refractivity contribution in [2.75, 3.05) is 7.11 Å². The van der Waals surface area contributed by atoms with Gasteiger partial charge in [0.2, 0.25) is 0 Å². The maximum Gasteiger partial charge on any atom is 0.337 e. The third kappa shape index (κ3) is 3.41. The van der Waals surface area contributed by atoms with Gasteiger partial charge in [0.1, 0.15) is 0 Å². The zero-order valence-electron chi connectivity index (χ0n) is 10.9. The van der Waals surface area contributed by atoms with E-state index in [0.29, 0.717) is 5.56 Å². The lowest BCUT2D eigenvalue weighted by Gasteiger charge is -2.02. The summed E-state index contributed by atoms with van der Waals surface area (Å²) in [7, 11) is 1.40. The molecule has 1 aromatic rings. The van der Waals surface area contributed by atoms with E-state index >= 15 is 0 Å². The molecule has 0 radical (unpaired) electrons. The molecule has 0 spiro atoms. The second-order valence-corrected chi connectivity index (χ2v) is 4.42. The first-order valence-electron chi connectivity index (χ1n) is 6.28. The number of hydrogen-bond donors (Lipinski definition) is 0. The molecule has 0 bridgehead atoms. The van der Waals surface area contributed by atoms with Crippen molar-refractivity contribution in [2.45, 2.75) is 19.3 Å². The minimum Gasteiger partial charge on any atom is -0.465 e. The highest BCUT2D eigenvalue weighted by Crippen LogP contribution is 2.20. The van der Waals surface area contributed by atoms with E-state index in [1.54, 1.807) is 12.1 Å². The Morgan fingerprint density at radius 1 is 1.21 bits per heavy atom. The second-order valence-electron chi connectivity index (χ2n) is 4.42. The number of carbonyl (C=O) groups excluding carboxylic acids is 2. The molecule has 3 rings (SSSR count). The fourth-order valence-corrected chi connectivity index (χ4v) is 2.03. The number of hydrogen-bond acceptors (Lipinski definition) is 3. The van der Waals surface area contributed by atoms with E-state index in [2.05, 4.69) is 16.9 Å². The van der Waals surface area contributed by atoms with Crippen LogP contribution in [0.5, 0.6) is 0 Å². The molecule has 0 heterocycles. The van der Waals surface area contributed by atoms with Crippen molar-refractivity contribution in [3.63, 3.8) is 0 Å². The van der Waals surface area contributed by atoms with Gasteiger partial charge in [0.05, 0.1) is 12.7 Å². The molecular weight excluding hydrogens is 240 g/mol. The summed E-state index contributed by atoms with van der Waals surface area (Å²) in [6.07, 6.45) is 10.3. The second kappa shape index (κ2) is 6.14. The monoisotopic (exact) mass is 256 g/mol. The first-order chi connectivity index (χ1) is 9.20. The Morgan fingerprint density at radius 3 is 2.63 bits per heavy atom. The highest BCUT2D eigenvalue weighted by atomic mass is 16.5. The van der Waals surface area contributed by atoms with Crippen molar-refractivity contribution in [1.29, 1.82) is 0 Å². The van der Waals surface area contributed by atoms with E-state index < -0.39 is 0 Å². The summed E-state index contributed by atoms with van der Waals surface area (Å²) in [6, 6.07) is 5.63. The number of rotatable bonds is 1. The fourth-order valence-electron chi connectivity index (χ4n) is 2.03. The van der Waals surface area contributed by atoms with Crippen molar-refractivity contribution >= 4 is 17.8 Å². The van der Waals surface area contributed by atoms with Gasteiger partial charge in [-0.25, -0.2) is 4.79 Å². The Bertz CT molecular complexity index is 553. The van der Waals surface area contributed by atoms with Gasteiger partial charge in [-0.1, -0.05) is 24.3 Å². The van der Waals surface area contributed by atoms with Gasteiger partial charge in [-0.15, -0.1) is 0 Å². The van der Waals surface area contributed by atoms with Gasteiger partial charge in [0.25, 0.3) is 0 Å². The van der Waals surface area contributed by atoms with Gasteiger partial charge in [0.15, 0.2) is 5.78 Å². The van der Waals surface area contributed by atoms with E-state index in [9.17, 15) is 9.59 Å². The lowest BCUT2D eigenvalue weighted by molar-refractivity contribution is -0.114. The smallest absolute Gasteiger partial charge is 0.337 e. The topological polar surface area (TPSA) is 43.4 Å². The highest BCUT2D eigenvalue weighted by molar-refractivity contribution is 5.91. The summed E-state index contributed by atoms with van der Waals surface area (Å²) < 4.78 is 4.64. The molecule has 3 heteroatoms. The number of allylic oxidation sites excluding steroid dienone is 3. The SMILES string of the molecule is COC(=O)c1ccc2c(c1)CC=C2.O=C1C=CCC1. The van der Waals surface area contributed by atoms with E-state index in [4.69, 9.17) is 0 Å². The minimum atomic E-state index is -0.269. The fraction of sp³-hybridized carbons (Fsp3) is 0.250. The third-order valence-corrected chi connectivity index (χ3v) is 3.06. The van der Waals surface area contributed by atoms with Crippen LogP contribution in [0.3, 0.4) is 0 Å². The van der Waals surface area contributed by atoms with Crippen LogP contribution in [0.15, 0.2) is 36.4 Å². The largest absolute Gasteiger partial charge is 0.465 e. The van der Waals surface area contributed by atoms with Crippen molar-refractivity contribution in [1.82, 2.24) is 0 Å². The molecule has 3 nitrogen and oxygen atoms in total. The Kier molecular flexibility index (Phi) is 4.29. The summed E-state index contributed by atoms with van der Waals surface area (Å²) in [4.78, 5) is 21.3. The number of fused-ring (bicyclic) bond motifs is 1. The number of ketones is 1. The number of benzene rings is 1. The molecule has 0 fully saturated rings. The van der Waals surface area contributed by atoms with Gasteiger partial charge in [-0.05, 0) is 42.2 Å². The molecule has 19 heavy (non-hydrogen) atoms. The van der Waals surface area contributed by atoms with E-state index in [1.807, 2.05) is 18.2 Å². The molecule has 0 saturated carbocycles. The zero-order chi connectivity index (χ0) is 13.7. The number of methoxy groups -OCH3 is 1. The Balaban J connectivity index is 0.000000186. The molecule has 2 aliphatic carbocycles. The van der Waals surface area contributed by atoms with Crippen LogP contribution in [0, 0.1) is 0 Å². The third-order valence-electron chi connectivity index (χ3n) is 3.06. The van der Waals surface area contributed by atoms with Crippen molar-refractivity contribution in [3.8, 4) is 0 Å². The van der Waals surface area contributed by atoms with E-state index in [-0.39, 0.29) is 11.8 Å². The summed E-state index contributed by atoms with van der Waals surface area (Å²) in [5.41, 5.74) is 3.03. The lowest BCUT2D eigenvalue weighted by atomic mass is 10.1. The molecular formula is C16H16O3. The van der Waals surface area contributed by atoms with Crippen molar-refractivity contribution < 1.29 is 14.3 Å². The Morgan fingerprint density at radius 2 is 2.05 bits per heavy atom. The first-order valence-corrected chi connectivity index (χ1v) is 6.28. The van der Waals surface area contributed by atoms with Crippen LogP contribution >= 0.6 is 0 Å². The Labute approximate surface area is 112 Å². The van der Waals surface area contributed by atoms with Crippen LogP contribution in [-0.4, -0.2) is 18.9 Å². The number of esters is 1. The molecule has 0 aliphatic heterocycles. The quantitative estimate of drug-likeness (QED) is 0.725. The maximum atomic E-state index is 11.2. The van der Waals surface area contributed by atoms with Crippen LogP contribution in [0.25, 0.3) is 6.08 Å². The summed E-state index contributed by atoms with van der Waals surface area (Å²) in [5.74, 6) is 0.00435. The average molecular weight is 256 g/mol. The molecule has 0 N–H and O–H groups in total. The predicted octanol–water partition coefficient (Wildman–Crippen LogP) is 2.95. The zero-order valence-corrected chi connectivity index (χ0v) is 10.9. The van der Waals surface area contributed by atoms with Crippen LogP contribution in [-0.2, 0) is 16.0 Å². The molecule has 0 amide bonds. The van der Waals surface area contributed by atoms with Gasteiger partial charge < -0.3 is 4.74 Å². The van der Waals surface area contributed by atoms with Crippen LogP contribution in [0.2, 0.25) is 0 Å². The molecule has 0 aromatic heterocycles. The van der Waals surface area contributed by atoms with E-state index in [0.717, 1.165) is 19.3 Å². The normalized spacial score (nSPS) is 14.9. The molecule has 0 atom stereocenters. The number of carbonyl (C=O) groups is 2. The molecule has 0 unspecified atom stereocenters. The van der Waals surface area contributed by atoms with Gasteiger partial charge in [-0.2, -0.15) is 0 Å². The Hall–Kier alpha value is -2.16. The first kappa shape index (κ1) is 13.3. The van der Waals surface area contributed by atoms with E-state index in [1.165, 1.54) is 18.2 Å². The summed E-state index contributed by atoms with van der Waals surface area (Å²) >= 11 is 0. The predicted molar refractivity (Wildman–Crippen MR) is 73.9 cm³/mol. The minimum absolute atomic E-state index is 0.269. The summed E-state index contributed by atoms with van der Waals surface area (Å²) in [6.45, 7) is 0. The van der Waals surface area contributed by atoms with Crippen LogP contribution < -0.4 is 0 Å². The van der Waals surface area contributed by atoms with Crippen LogP contribution in [0.1, 0.15) is 34.3 Å². The number of ether oxygens (including phenoxy) is 1. The average Bonchev–Trinajstić information content (AvgIpc) is 3.08. The van der Waals surface area contributed by atoms with Crippen molar-refractivity contribution in [2.24, 2.45) is 0 Å². The van der Waals surface area contributed by atoms with Gasteiger partial charge >= 0.3 is 5.97 Å². The lowest BCUT2D eigenvalue weighted by Crippen LogP contribution is -2.01. The van der Waals surface area contributed by atoms with Gasteiger partial charge in [0, 0.05) is 6.42 Å². The molecule has 2 aliphatic rings. The van der Waals surface area contributed by atoms with Crippen LogP contribution in [0.4, 0.5) is 0 Å². The highest BCUT2D eigenvalue weighted by Gasteiger charge is 2.10.